The first-order chi connectivity index (χ1) is 17.9. The van der Waals surface area contributed by atoms with E-state index in [0.29, 0.717) is 40.4 Å². The normalized spacial score (nSPS) is 11.0. The molecule has 186 valence electrons. The molecule has 10 heteroatoms. The van der Waals surface area contributed by atoms with E-state index in [1.54, 1.807) is 19.1 Å². The summed E-state index contributed by atoms with van der Waals surface area (Å²) in [7, 11) is 1.90. The van der Waals surface area contributed by atoms with Gasteiger partial charge in [0.25, 0.3) is 0 Å². The van der Waals surface area contributed by atoms with Crippen LogP contribution in [0.2, 0.25) is 0 Å². The first-order valence-corrected chi connectivity index (χ1v) is 11.5. The van der Waals surface area contributed by atoms with Crippen molar-refractivity contribution in [2.45, 2.75) is 13.3 Å². The number of amides is 1. The molecule has 0 aliphatic rings. The van der Waals surface area contributed by atoms with Gasteiger partial charge in [0.05, 0.1) is 23.0 Å². The second-order valence-electron chi connectivity index (χ2n) is 8.39. The van der Waals surface area contributed by atoms with Crippen molar-refractivity contribution in [1.82, 2.24) is 19.5 Å². The van der Waals surface area contributed by atoms with Crippen LogP contribution in [0.25, 0.3) is 33.4 Å². The molecule has 3 aromatic heterocycles. The van der Waals surface area contributed by atoms with Gasteiger partial charge < -0.3 is 26.1 Å². The van der Waals surface area contributed by atoms with E-state index in [1.807, 2.05) is 41.9 Å². The third-order valence-corrected chi connectivity index (χ3v) is 5.97. The third kappa shape index (κ3) is 4.52. The number of nitrogens with two attached hydrogens (primary N) is 2. The number of halogens is 1. The van der Waals surface area contributed by atoms with E-state index in [4.69, 9.17) is 16.2 Å². The highest BCUT2D eigenvalue weighted by Gasteiger charge is 2.22. The van der Waals surface area contributed by atoms with E-state index < -0.39 is 5.82 Å². The summed E-state index contributed by atoms with van der Waals surface area (Å²) in [4.78, 5) is 24.4. The summed E-state index contributed by atoms with van der Waals surface area (Å²) in [5.41, 5.74) is 17.7. The number of hydrogen-bond acceptors (Lipinski definition) is 7. The Hall–Kier alpha value is -4.99. The van der Waals surface area contributed by atoms with Gasteiger partial charge in [-0.3, -0.25) is 4.79 Å². The Morgan fingerprint density at radius 2 is 1.78 bits per heavy atom. The molecule has 0 aliphatic carbocycles. The number of nitrogens with zero attached hydrogens (tertiary/aromatic N) is 4. The van der Waals surface area contributed by atoms with E-state index in [-0.39, 0.29) is 11.8 Å². The van der Waals surface area contributed by atoms with Gasteiger partial charge in [0, 0.05) is 30.8 Å². The second-order valence-corrected chi connectivity index (χ2v) is 8.39. The summed E-state index contributed by atoms with van der Waals surface area (Å²) in [6.45, 7) is 1.80. The van der Waals surface area contributed by atoms with Crippen LogP contribution < -0.4 is 21.5 Å². The zero-order chi connectivity index (χ0) is 26.1. The van der Waals surface area contributed by atoms with Crippen molar-refractivity contribution in [3.05, 3.63) is 72.9 Å². The molecule has 0 fully saturated rings. The third-order valence-electron chi connectivity index (χ3n) is 5.97. The maximum Gasteiger partial charge on any atom is 0.224 e. The first kappa shape index (κ1) is 23.7. The molecule has 0 saturated carbocycles. The Labute approximate surface area is 211 Å². The number of fused-ring (bicyclic) bond motifs is 1. The van der Waals surface area contributed by atoms with Crippen LogP contribution in [0.4, 0.5) is 21.6 Å². The fourth-order valence-electron chi connectivity index (χ4n) is 4.19. The van der Waals surface area contributed by atoms with E-state index >= 15 is 0 Å². The fourth-order valence-corrected chi connectivity index (χ4v) is 4.19. The molecule has 9 nitrogen and oxygen atoms in total. The van der Waals surface area contributed by atoms with Gasteiger partial charge in [-0.05, 0) is 41.5 Å². The molecular formula is C27H24FN7O2. The van der Waals surface area contributed by atoms with Crippen LogP contribution in [0.5, 0.6) is 11.6 Å². The molecule has 5 aromatic rings. The number of hydrogen-bond donors (Lipinski definition) is 3. The zero-order valence-electron chi connectivity index (χ0n) is 20.2. The number of rotatable bonds is 6. The van der Waals surface area contributed by atoms with Crippen molar-refractivity contribution < 1.29 is 13.9 Å². The molecule has 0 aliphatic heterocycles. The maximum atomic E-state index is 13.2. The predicted molar refractivity (Wildman–Crippen MR) is 141 cm³/mol. The average Bonchev–Trinajstić information content (AvgIpc) is 3.20. The summed E-state index contributed by atoms with van der Waals surface area (Å²) in [5, 5.41) is 3.55. The van der Waals surface area contributed by atoms with Crippen molar-refractivity contribution >= 4 is 34.1 Å². The Kier molecular flexibility index (Phi) is 6.14. The van der Waals surface area contributed by atoms with Gasteiger partial charge >= 0.3 is 0 Å². The molecule has 1 amide bonds. The quantitative estimate of drug-likeness (QED) is 0.277. The average molecular weight is 498 g/mol. The van der Waals surface area contributed by atoms with E-state index in [1.165, 1.54) is 18.5 Å². The van der Waals surface area contributed by atoms with Crippen molar-refractivity contribution in [1.29, 1.82) is 0 Å². The standard InChI is InChI=1S/C27H24FN7O2/c1-3-21(36)34-18-8-4-15(5-9-18)25-23(24-26(30)32-14-33-27(24)35(25)2)16-6-10-20(19(29)12-16)37-22-11-7-17(28)13-31-22/h4-14H,3,29H2,1-2H3,(H,34,36)(H2,30,32,33). The number of benzene rings is 2. The second kappa shape index (κ2) is 9.57. The van der Waals surface area contributed by atoms with Crippen LogP contribution in [0.3, 0.4) is 0 Å². The van der Waals surface area contributed by atoms with Gasteiger partial charge in [-0.2, -0.15) is 0 Å². The lowest BCUT2D eigenvalue weighted by atomic mass is 9.98. The van der Waals surface area contributed by atoms with Gasteiger partial charge in [0.1, 0.15) is 23.6 Å². The molecule has 37 heavy (non-hydrogen) atoms. The number of carbonyl (C=O) groups excluding carboxylic acids is 1. The Morgan fingerprint density at radius 1 is 1.03 bits per heavy atom. The Bertz CT molecular complexity index is 1610. The smallest absolute Gasteiger partial charge is 0.224 e. The molecule has 2 aromatic carbocycles. The number of anilines is 3. The molecule has 0 bridgehead atoms. The van der Waals surface area contributed by atoms with Crippen LogP contribution in [0, 0.1) is 5.82 Å². The lowest BCUT2D eigenvalue weighted by molar-refractivity contribution is -0.115. The molecule has 0 spiro atoms. The number of nitrogen functional groups attached to an aromatic ring is 2. The molecule has 0 saturated heterocycles. The number of carbonyl (C=O) groups is 1. The van der Waals surface area contributed by atoms with Gasteiger partial charge in [-0.15, -0.1) is 0 Å². The largest absolute Gasteiger partial charge is 0.437 e. The lowest BCUT2D eigenvalue weighted by Crippen LogP contribution is -2.09. The van der Waals surface area contributed by atoms with E-state index in [2.05, 4.69) is 20.3 Å². The minimum Gasteiger partial charge on any atom is -0.437 e. The van der Waals surface area contributed by atoms with Crippen molar-refractivity contribution in [2.75, 3.05) is 16.8 Å². The monoisotopic (exact) mass is 497 g/mol. The molecule has 3 heterocycles. The van der Waals surface area contributed by atoms with Crippen molar-refractivity contribution in [3.63, 3.8) is 0 Å². The number of aromatic nitrogens is 4. The maximum absolute atomic E-state index is 13.2. The molecule has 0 unspecified atom stereocenters. The summed E-state index contributed by atoms with van der Waals surface area (Å²) < 4.78 is 20.9. The number of nitrogens with one attached hydrogen (secondary N) is 1. The highest BCUT2D eigenvalue weighted by Crippen LogP contribution is 2.43. The van der Waals surface area contributed by atoms with Crippen molar-refractivity contribution in [2.24, 2.45) is 7.05 Å². The Morgan fingerprint density at radius 3 is 2.46 bits per heavy atom. The molecule has 5 rings (SSSR count). The van der Waals surface area contributed by atoms with E-state index in [9.17, 15) is 9.18 Å². The van der Waals surface area contributed by atoms with Crippen LogP contribution in [-0.4, -0.2) is 25.4 Å². The highest BCUT2D eigenvalue weighted by molar-refractivity contribution is 6.08. The molecule has 0 atom stereocenters. The van der Waals surface area contributed by atoms with Gasteiger partial charge in [-0.1, -0.05) is 25.1 Å². The molecule has 5 N–H and O–H groups in total. The van der Waals surface area contributed by atoms with Gasteiger partial charge in [0.15, 0.2) is 5.75 Å². The molecular weight excluding hydrogens is 473 g/mol. The summed E-state index contributed by atoms with van der Waals surface area (Å²) in [5.74, 6) is 0.419. The van der Waals surface area contributed by atoms with Crippen molar-refractivity contribution in [3.8, 4) is 34.0 Å². The van der Waals surface area contributed by atoms with Crippen LogP contribution in [0.15, 0.2) is 67.1 Å². The minimum atomic E-state index is -0.459. The van der Waals surface area contributed by atoms with Crippen LogP contribution in [0.1, 0.15) is 13.3 Å². The van der Waals surface area contributed by atoms with Crippen LogP contribution in [-0.2, 0) is 11.8 Å². The van der Waals surface area contributed by atoms with Gasteiger partial charge in [-0.25, -0.2) is 19.3 Å². The Balaban J connectivity index is 1.61. The summed E-state index contributed by atoms with van der Waals surface area (Å²) in [6.07, 6.45) is 2.89. The fraction of sp³-hybridized carbons (Fsp3) is 0.111. The molecule has 0 radical (unpaired) electrons. The SMILES string of the molecule is CCC(=O)Nc1ccc(-c2c(-c3ccc(Oc4ccc(F)cn4)c(N)c3)c3c(N)ncnc3n2C)cc1. The topological polar surface area (TPSA) is 134 Å². The highest BCUT2D eigenvalue weighted by atomic mass is 19.1. The predicted octanol–water partition coefficient (Wildman–Crippen LogP) is 5.14. The van der Waals surface area contributed by atoms with Crippen LogP contribution >= 0.6 is 0 Å². The minimum absolute atomic E-state index is 0.0605. The number of ether oxygens (including phenoxy) is 1. The number of pyridine rings is 1. The summed E-state index contributed by atoms with van der Waals surface area (Å²) in [6, 6.07) is 15.6. The first-order valence-electron chi connectivity index (χ1n) is 11.5. The zero-order valence-corrected chi connectivity index (χ0v) is 20.2. The van der Waals surface area contributed by atoms with Gasteiger partial charge in [0.2, 0.25) is 11.8 Å². The number of aryl methyl sites for hydroxylation is 1. The van der Waals surface area contributed by atoms with E-state index in [0.717, 1.165) is 28.6 Å². The summed E-state index contributed by atoms with van der Waals surface area (Å²) >= 11 is 0. The lowest BCUT2D eigenvalue weighted by Gasteiger charge is -2.12.